The van der Waals surface area contributed by atoms with Crippen molar-refractivity contribution in [1.29, 1.82) is 0 Å². The number of methoxy groups -OCH3 is 2. The lowest BCUT2D eigenvalue weighted by Crippen LogP contribution is -2.15. The van der Waals surface area contributed by atoms with Gasteiger partial charge in [0.05, 0.1) is 18.9 Å². The predicted octanol–water partition coefficient (Wildman–Crippen LogP) is 8.01. The summed E-state index contributed by atoms with van der Waals surface area (Å²) in [5.41, 5.74) is 7.05. The number of aromatic nitrogens is 3. The van der Waals surface area contributed by atoms with E-state index in [0.717, 1.165) is 60.3 Å². The summed E-state index contributed by atoms with van der Waals surface area (Å²) in [4.78, 5) is 27.9. The van der Waals surface area contributed by atoms with Crippen LogP contribution in [0.3, 0.4) is 0 Å². The van der Waals surface area contributed by atoms with Crippen LogP contribution in [0.1, 0.15) is 46.6 Å². The summed E-state index contributed by atoms with van der Waals surface area (Å²) in [6.07, 6.45) is 3.41. The van der Waals surface area contributed by atoms with E-state index in [2.05, 4.69) is 33.3 Å². The molecule has 0 aliphatic rings. The van der Waals surface area contributed by atoms with Crippen LogP contribution in [-0.4, -0.2) is 65.3 Å². The summed E-state index contributed by atoms with van der Waals surface area (Å²) in [5.74, 6) is 1.96. The largest absolute Gasteiger partial charge is 0.506 e. The molecule has 0 aliphatic heterocycles. The number of benzene rings is 2. The van der Waals surface area contributed by atoms with Crippen LogP contribution in [0.4, 0.5) is 5.69 Å². The number of hydrogen-bond donors (Lipinski definition) is 2. The fraction of sp³-hybridized carbons (Fsp3) is 0.333. The fourth-order valence-electron chi connectivity index (χ4n) is 4.55. The molecular formula is C36H42N4O7S2. The lowest BCUT2D eigenvalue weighted by atomic mass is 10.2. The van der Waals surface area contributed by atoms with Gasteiger partial charge in [-0.25, -0.2) is 15.0 Å². The fourth-order valence-corrected chi connectivity index (χ4v) is 6.20. The molecule has 5 rings (SSSR count). The summed E-state index contributed by atoms with van der Waals surface area (Å²) in [6, 6.07) is 15.0. The lowest BCUT2D eigenvalue weighted by Gasteiger charge is -2.12. The average molecular weight is 707 g/mol. The van der Waals surface area contributed by atoms with E-state index in [0.29, 0.717) is 30.5 Å². The molecule has 49 heavy (non-hydrogen) atoms. The van der Waals surface area contributed by atoms with E-state index in [4.69, 9.17) is 23.4 Å². The van der Waals surface area contributed by atoms with Gasteiger partial charge in [-0.3, -0.25) is 4.79 Å². The number of amides is 1. The van der Waals surface area contributed by atoms with Crippen LogP contribution in [-0.2, 0) is 32.2 Å². The number of anilines is 1. The van der Waals surface area contributed by atoms with E-state index in [1.54, 1.807) is 56.6 Å². The maximum atomic E-state index is 12.6. The Morgan fingerprint density at radius 3 is 2.12 bits per heavy atom. The molecule has 0 saturated heterocycles. The summed E-state index contributed by atoms with van der Waals surface area (Å²) in [7, 11) is 3.17. The number of nitrogens with zero attached hydrogens (tertiary/aromatic N) is 3. The zero-order valence-electron chi connectivity index (χ0n) is 28.6. The van der Waals surface area contributed by atoms with Crippen LogP contribution in [0.2, 0.25) is 0 Å². The maximum Gasteiger partial charge on any atom is 0.275 e. The second-order valence-electron chi connectivity index (χ2n) is 10.7. The van der Waals surface area contributed by atoms with Crippen molar-refractivity contribution >= 4 is 46.2 Å². The number of ether oxygens (including phenoxy) is 4. The van der Waals surface area contributed by atoms with Crippen LogP contribution in [0.15, 0.2) is 75.1 Å². The molecule has 0 unspecified atom stereocenters. The Balaban J connectivity index is 0.000000221. The van der Waals surface area contributed by atoms with Crippen LogP contribution < -0.4 is 5.32 Å². The Hall–Kier alpha value is -3.98. The molecular weight excluding hydrogens is 665 g/mol. The van der Waals surface area contributed by atoms with Crippen molar-refractivity contribution in [2.45, 2.75) is 50.7 Å². The first-order valence-corrected chi connectivity index (χ1v) is 17.6. The van der Waals surface area contributed by atoms with E-state index >= 15 is 0 Å². The molecule has 260 valence electrons. The van der Waals surface area contributed by atoms with Gasteiger partial charge in [0.25, 0.3) is 5.91 Å². The number of carbonyl (C=O) groups excluding carboxylic acids is 1. The van der Waals surface area contributed by atoms with Gasteiger partial charge in [-0.1, -0.05) is 26.0 Å². The molecule has 3 aromatic heterocycles. The molecule has 5 aromatic rings. The van der Waals surface area contributed by atoms with Crippen molar-refractivity contribution < 1.29 is 33.3 Å². The van der Waals surface area contributed by atoms with Gasteiger partial charge in [-0.05, 0) is 84.0 Å². The minimum absolute atomic E-state index is 0.0215. The molecule has 11 nitrogen and oxygen atoms in total. The Morgan fingerprint density at radius 2 is 1.45 bits per heavy atom. The third-order valence-electron chi connectivity index (χ3n) is 6.72. The van der Waals surface area contributed by atoms with Gasteiger partial charge in [0.1, 0.15) is 36.2 Å². The van der Waals surface area contributed by atoms with Crippen LogP contribution in [0, 0.1) is 13.8 Å². The Kier molecular flexibility index (Phi) is 14.9. The quantitative estimate of drug-likeness (QED) is 0.0472. The van der Waals surface area contributed by atoms with E-state index in [1.165, 1.54) is 11.8 Å². The lowest BCUT2D eigenvalue weighted by molar-refractivity contribution is -0.0393. The van der Waals surface area contributed by atoms with Gasteiger partial charge in [0.15, 0.2) is 5.58 Å². The highest BCUT2D eigenvalue weighted by Crippen LogP contribution is 2.32. The van der Waals surface area contributed by atoms with Crippen molar-refractivity contribution in [3.05, 3.63) is 88.9 Å². The van der Waals surface area contributed by atoms with Crippen molar-refractivity contribution in [1.82, 2.24) is 15.0 Å². The number of oxazole rings is 1. The molecule has 13 heteroatoms. The summed E-state index contributed by atoms with van der Waals surface area (Å²) in [5, 5.41) is 12.6. The summed E-state index contributed by atoms with van der Waals surface area (Å²) < 4.78 is 26.4. The Bertz CT molecular complexity index is 1830. The number of hydrogen-bond acceptors (Lipinski definition) is 12. The second-order valence-corrected chi connectivity index (χ2v) is 13.3. The molecule has 0 saturated carbocycles. The number of carbonyl (C=O) groups is 1. The minimum Gasteiger partial charge on any atom is -0.506 e. The Labute approximate surface area is 295 Å². The third-order valence-corrected chi connectivity index (χ3v) is 8.54. The van der Waals surface area contributed by atoms with E-state index < -0.39 is 0 Å². The number of thioether (sulfide) groups is 2. The van der Waals surface area contributed by atoms with Gasteiger partial charge < -0.3 is 33.8 Å². The Morgan fingerprint density at radius 1 is 0.837 bits per heavy atom. The summed E-state index contributed by atoms with van der Waals surface area (Å²) >= 11 is 3.24. The van der Waals surface area contributed by atoms with E-state index in [9.17, 15) is 9.90 Å². The van der Waals surface area contributed by atoms with E-state index in [-0.39, 0.29) is 25.2 Å². The molecule has 0 bridgehead atoms. The number of nitrogens with one attached hydrogen (secondary N) is 1. The average Bonchev–Trinajstić information content (AvgIpc) is 3.50. The zero-order chi connectivity index (χ0) is 35.2. The SMILES string of the molecule is CCSc1cc(COCOC)cnc1-c1nc2cc(C)ccc2o1.CCSc1cc(COCOC)cnc1C(=O)Nc1cc(C)ccc1O. The topological polar surface area (TPSA) is 138 Å². The van der Waals surface area contributed by atoms with Gasteiger partial charge in [0.2, 0.25) is 5.89 Å². The molecule has 0 atom stereocenters. The zero-order valence-corrected chi connectivity index (χ0v) is 30.2. The number of pyridine rings is 2. The van der Waals surface area contributed by atoms with Crippen LogP contribution in [0.25, 0.3) is 22.7 Å². The molecule has 0 radical (unpaired) electrons. The molecule has 2 aromatic carbocycles. The second kappa shape index (κ2) is 19.3. The summed E-state index contributed by atoms with van der Waals surface area (Å²) in [6.45, 7) is 9.34. The molecule has 3 heterocycles. The number of phenols is 1. The van der Waals surface area contributed by atoms with Crippen LogP contribution in [0.5, 0.6) is 5.75 Å². The van der Waals surface area contributed by atoms with Crippen molar-refractivity contribution in [3.63, 3.8) is 0 Å². The monoisotopic (exact) mass is 706 g/mol. The highest BCUT2D eigenvalue weighted by molar-refractivity contribution is 7.99. The number of fused-ring (bicyclic) bond motifs is 1. The van der Waals surface area contributed by atoms with E-state index in [1.807, 2.05) is 45.0 Å². The van der Waals surface area contributed by atoms with Crippen LogP contribution >= 0.6 is 23.5 Å². The highest BCUT2D eigenvalue weighted by atomic mass is 32.2. The van der Waals surface area contributed by atoms with Gasteiger partial charge >= 0.3 is 0 Å². The molecule has 1 amide bonds. The predicted molar refractivity (Wildman–Crippen MR) is 193 cm³/mol. The van der Waals surface area contributed by atoms with Gasteiger partial charge in [-0.15, -0.1) is 23.5 Å². The molecule has 0 fully saturated rings. The maximum absolute atomic E-state index is 12.6. The number of phenolic OH excluding ortho intramolecular Hbond substituents is 1. The van der Waals surface area contributed by atoms with Crippen molar-refractivity contribution in [3.8, 4) is 17.3 Å². The van der Waals surface area contributed by atoms with Crippen molar-refractivity contribution in [2.75, 3.05) is 44.6 Å². The van der Waals surface area contributed by atoms with Gasteiger partial charge in [-0.2, -0.15) is 0 Å². The molecule has 2 N–H and O–H groups in total. The first-order valence-electron chi connectivity index (χ1n) is 15.6. The normalized spacial score (nSPS) is 11.0. The molecule has 0 aliphatic carbocycles. The van der Waals surface area contributed by atoms with Crippen molar-refractivity contribution in [2.24, 2.45) is 0 Å². The first kappa shape index (κ1) is 37.8. The number of rotatable bonds is 15. The minimum atomic E-state index is -0.360. The molecule has 0 spiro atoms. The number of aryl methyl sites for hydroxylation is 2. The number of aromatic hydroxyl groups is 1. The van der Waals surface area contributed by atoms with Gasteiger partial charge in [0, 0.05) is 36.4 Å². The third kappa shape index (κ3) is 11.0. The smallest absolute Gasteiger partial charge is 0.275 e. The standard InChI is InChI=1S/C18H22N2O4S.C18H20N2O3S/c1-4-25-16-8-13(10-24-11-23-3)9-19-17(16)18(22)20-14-7-12(2)5-6-15(14)21;1-4-24-16-8-13(10-22-11-21-3)9-19-17(16)18-20-14-7-12(2)5-6-15(14)23-18/h5-9,21H,4,10-11H2,1-3H3,(H,20,22);5-9H,4,10-11H2,1-3H3. The highest BCUT2D eigenvalue weighted by Gasteiger charge is 2.17. The first-order chi connectivity index (χ1) is 23.8.